The van der Waals surface area contributed by atoms with Gasteiger partial charge in [-0.15, -0.1) is 0 Å². The normalized spacial score (nSPS) is 18.9. The van der Waals surface area contributed by atoms with Crippen molar-refractivity contribution in [1.82, 2.24) is 9.80 Å². The number of ether oxygens (including phenoxy) is 1. The summed E-state index contributed by atoms with van der Waals surface area (Å²) in [6.45, 7) is 5.48. The number of benzene rings is 1. The zero-order chi connectivity index (χ0) is 22.5. The highest BCUT2D eigenvalue weighted by Gasteiger charge is 2.27. The Hall–Kier alpha value is -1.66. The summed E-state index contributed by atoms with van der Waals surface area (Å²) in [6, 6.07) is 5.94. The SMILES string of the molecule is CCCCCN(C)CCCCCO[C@H]1CC[C@H](N(C)C(=O)Nc2ccc(F)cc2)CC1. The molecule has 1 aromatic rings. The van der Waals surface area contributed by atoms with Gasteiger partial charge in [0.25, 0.3) is 0 Å². The van der Waals surface area contributed by atoms with E-state index in [2.05, 4.69) is 24.2 Å². The van der Waals surface area contributed by atoms with Crippen molar-refractivity contribution in [3.8, 4) is 0 Å². The molecular weight excluding hydrogens is 393 g/mol. The minimum absolute atomic E-state index is 0.143. The van der Waals surface area contributed by atoms with Gasteiger partial charge in [-0.25, -0.2) is 9.18 Å². The molecule has 0 spiro atoms. The van der Waals surface area contributed by atoms with E-state index in [1.165, 1.54) is 57.3 Å². The molecule has 0 aromatic heterocycles. The fraction of sp³-hybridized carbons (Fsp3) is 0.720. The van der Waals surface area contributed by atoms with Crippen LogP contribution in [0.4, 0.5) is 14.9 Å². The first-order valence-electron chi connectivity index (χ1n) is 12.1. The lowest BCUT2D eigenvalue weighted by molar-refractivity contribution is 0.0129. The molecule has 2 amide bonds. The summed E-state index contributed by atoms with van der Waals surface area (Å²) < 4.78 is 19.1. The highest BCUT2D eigenvalue weighted by atomic mass is 19.1. The Balaban J connectivity index is 1.53. The van der Waals surface area contributed by atoms with Gasteiger partial charge < -0.3 is 19.9 Å². The summed E-state index contributed by atoms with van der Waals surface area (Å²) in [4.78, 5) is 16.7. The van der Waals surface area contributed by atoms with E-state index < -0.39 is 0 Å². The lowest BCUT2D eigenvalue weighted by Crippen LogP contribution is -2.42. The van der Waals surface area contributed by atoms with Crippen LogP contribution < -0.4 is 5.32 Å². The van der Waals surface area contributed by atoms with Gasteiger partial charge in [0.15, 0.2) is 0 Å². The first-order chi connectivity index (χ1) is 15.0. The maximum absolute atomic E-state index is 13.0. The van der Waals surface area contributed by atoms with E-state index in [1.54, 1.807) is 17.0 Å². The summed E-state index contributed by atoms with van der Waals surface area (Å²) in [5.74, 6) is -0.306. The van der Waals surface area contributed by atoms with E-state index in [4.69, 9.17) is 4.74 Å². The van der Waals surface area contributed by atoms with Crippen LogP contribution in [0.1, 0.15) is 71.1 Å². The molecule has 1 saturated carbocycles. The van der Waals surface area contributed by atoms with Crippen molar-refractivity contribution in [1.29, 1.82) is 0 Å². The molecule has 1 N–H and O–H groups in total. The third kappa shape index (κ3) is 10.0. The first-order valence-corrected chi connectivity index (χ1v) is 12.1. The molecule has 0 atom stereocenters. The Labute approximate surface area is 188 Å². The van der Waals surface area contributed by atoms with Crippen molar-refractivity contribution in [2.24, 2.45) is 0 Å². The van der Waals surface area contributed by atoms with Gasteiger partial charge in [-0.2, -0.15) is 0 Å². The third-order valence-electron chi connectivity index (χ3n) is 6.29. The molecule has 1 aliphatic carbocycles. The summed E-state index contributed by atoms with van der Waals surface area (Å²) in [6.07, 6.45) is 11.7. The number of nitrogens with zero attached hydrogens (tertiary/aromatic N) is 2. The first kappa shape index (κ1) is 25.6. The highest BCUT2D eigenvalue weighted by molar-refractivity contribution is 5.89. The molecule has 0 unspecified atom stereocenters. The lowest BCUT2D eigenvalue weighted by atomic mass is 9.92. The van der Waals surface area contributed by atoms with E-state index in [9.17, 15) is 9.18 Å². The number of hydrogen-bond donors (Lipinski definition) is 1. The predicted molar refractivity (Wildman–Crippen MR) is 126 cm³/mol. The summed E-state index contributed by atoms with van der Waals surface area (Å²) in [7, 11) is 4.06. The number of carbonyl (C=O) groups excluding carboxylic acids is 1. The van der Waals surface area contributed by atoms with Crippen LogP contribution >= 0.6 is 0 Å². The monoisotopic (exact) mass is 435 g/mol. The quantitative estimate of drug-likeness (QED) is 0.392. The fourth-order valence-electron chi connectivity index (χ4n) is 4.16. The molecular formula is C25H42FN3O2. The minimum Gasteiger partial charge on any atom is -0.378 e. The summed E-state index contributed by atoms with van der Waals surface area (Å²) in [5.41, 5.74) is 0.613. The highest BCUT2D eigenvalue weighted by Crippen LogP contribution is 2.25. The number of anilines is 1. The van der Waals surface area contributed by atoms with Crippen molar-refractivity contribution in [2.75, 3.05) is 39.1 Å². The van der Waals surface area contributed by atoms with Gasteiger partial charge in [0.05, 0.1) is 6.10 Å². The van der Waals surface area contributed by atoms with Gasteiger partial charge in [-0.05, 0) is 95.8 Å². The van der Waals surface area contributed by atoms with Gasteiger partial charge in [0, 0.05) is 25.4 Å². The van der Waals surface area contributed by atoms with Gasteiger partial charge in [-0.1, -0.05) is 19.8 Å². The van der Waals surface area contributed by atoms with Crippen molar-refractivity contribution >= 4 is 11.7 Å². The van der Waals surface area contributed by atoms with Crippen molar-refractivity contribution in [3.63, 3.8) is 0 Å². The largest absolute Gasteiger partial charge is 0.378 e. The average molecular weight is 436 g/mol. The number of carbonyl (C=O) groups is 1. The molecule has 1 aliphatic rings. The molecule has 2 rings (SSSR count). The molecule has 0 bridgehead atoms. The van der Waals surface area contributed by atoms with E-state index >= 15 is 0 Å². The number of halogens is 1. The Morgan fingerprint density at radius 2 is 1.65 bits per heavy atom. The maximum atomic E-state index is 13.0. The molecule has 1 fully saturated rings. The van der Waals surface area contributed by atoms with Gasteiger partial charge in [0.1, 0.15) is 5.82 Å². The second kappa shape index (κ2) is 14.4. The van der Waals surface area contributed by atoms with E-state index in [-0.39, 0.29) is 17.9 Å². The second-order valence-corrected chi connectivity index (χ2v) is 8.92. The number of nitrogens with one attached hydrogen (secondary N) is 1. The smallest absolute Gasteiger partial charge is 0.321 e. The average Bonchev–Trinajstić information content (AvgIpc) is 2.77. The summed E-state index contributed by atoms with van der Waals surface area (Å²) >= 11 is 0. The van der Waals surface area contributed by atoms with Crippen LogP contribution in [-0.2, 0) is 4.74 Å². The van der Waals surface area contributed by atoms with E-state index in [0.29, 0.717) is 11.8 Å². The Morgan fingerprint density at radius 3 is 2.29 bits per heavy atom. The van der Waals surface area contributed by atoms with Crippen LogP contribution in [0.3, 0.4) is 0 Å². The van der Waals surface area contributed by atoms with Crippen LogP contribution in [0.25, 0.3) is 0 Å². The molecule has 5 nitrogen and oxygen atoms in total. The zero-order valence-electron chi connectivity index (χ0n) is 19.7. The number of hydrogen-bond acceptors (Lipinski definition) is 3. The van der Waals surface area contributed by atoms with Crippen LogP contribution in [-0.4, -0.2) is 61.8 Å². The Morgan fingerprint density at radius 1 is 1.00 bits per heavy atom. The maximum Gasteiger partial charge on any atom is 0.321 e. The van der Waals surface area contributed by atoms with Crippen molar-refractivity contribution in [2.45, 2.75) is 83.3 Å². The third-order valence-corrected chi connectivity index (χ3v) is 6.29. The number of rotatable bonds is 13. The molecule has 0 heterocycles. The van der Waals surface area contributed by atoms with Crippen LogP contribution in [0.15, 0.2) is 24.3 Å². The molecule has 0 saturated heterocycles. The molecule has 31 heavy (non-hydrogen) atoms. The number of amides is 2. The van der Waals surface area contributed by atoms with E-state index in [1.807, 2.05) is 7.05 Å². The van der Waals surface area contributed by atoms with Crippen LogP contribution in [0, 0.1) is 5.82 Å². The standard InChI is InChI=1S/C25H42FN3O2/c1-4-5-7-18-28(2)19-8-6-9-20-31-24-16-14-23(15-17-24)29(3)25(30)27-22-12-10-21(26)11-13-22/h10-13,23-24H,4-9,14-20H2,1-3H3,(H,27,30)/t23-,24-. The van der Waals surface area contributed by atoms with Crippen molar-refractivity contribution < 1.29 is 13.9 Å². The predicted octanol–water partition coefficient (Wildman–Crippen LogP) is 5.91. The number of unbranched alkanes of at least 4 members (excludes halogenated alkanes) is 4. The molecule has 176 valence electrons. The van der Waals surface area contributed by atoms with Gasteiger partial charge >= 0.3 is 6.03 Å². The molecule has 0 aliphatic heterocycles. The second-order valence-electron chi connectivity index (χ2n) is 8.92. The lowest BCUT2D eigenvalue weighted by Gasteiger charge is -2.34. The van der Waals surface area contributed by atoms with E-state index in [0.717, 1.165) is 38.7 Å². The van der Waals surface area contributed by atoms with Gasteiger partial charge in [0.2, 0.25) is 0 Å². The van der Waals surface area contributed by atoms with Crippen molar-refractivity contribution in [3.05, 3.63) is 30.1 Å². The summed E-state index contributed by atoms with van der Waals surface area (Å²) in [5, 5.41) is 2.84. The van der Waals surface area contributed by atoms with Crippen LogP contribution in [0.2, 0.25) is 0 Å². The fourth-order valence-corrected chi connectivity index (χ4v) is 4.16. The topological polar surface area (TPSA) is 44.8 Å². The number of urea groups is 1. The Kier molecular flexibility index (Phi) is 11.9. The molecule has 1 aromatic carbocycles. The molecule has 6 heteroatoms. The molecule has 0 radical (unpaired) electrons. The minimum atomic E-state index is -0.306. The Bertz CT molecular complexity index is 618. The van der Waals surface area contributed by atoms with Crippen LogP contribution in [0.5, 0.6) is 0 Å². The zero-order valence-corrected chi connectivity index (χ0v) is 19.7. The van der Waals surface area contributed by atoms with Gasteiger partial charge in [-0.3, -0.25) is 0 Å².